The number of amides is 1. The van der Waals surface area contributed by atoms with Crippen LogP contribution in [0.25, 0.3) is 6.08 Å². The van der Waals surface area contributed by atoms with Gasteiger partial charge < -0.3 is 4.74 Å². The van der Waals surface area contributed by atoms with Crippen molar-refractivity contribution in [2.24, 2.45) is 5.10 Å². The Morgan fingerprint density at radius 1 is 1.39 bits per heavy atom. The number of benzene rings is 1. The minimum absolute atomic E-state index is 0.286. The van der Waals surface area contributed by atoms with E-state index in [1.807, 2.05) is 30.3 Å². The lowest BCUT2D eigenvalue weighted by Crippen LogP contribution is -2.19. The van der Waals surface area contributed by atoms with Crippen LogP contribution in [-0.2, 0) is 12.8 Å². The Morgan fingerprint density at radius 3 is 3.13 bits per heavy atom. The number of nitrogens with zero attached hydrogens (tertiary/aromatic N) is 2. The number of carbonyl (C=O) groups excluding carboxylic acids is 1. The molecule has 0 atom stereocenters. The van der Waals surface area contributed by atoms with Crippen molar-refractivity contribution in [2.45, 2.75) is 19.3 Å². The number of rotatable bonds is 5. The number of ether oxygens (including phenoxy) is 1. The van der Waals surface area contributed by atoms with Crippen LogP contribution in [0.2, 0.25) is 0 Å². The molecule has 1 aliphatic carbocycles. The molecule has 0 spiro atoms. The molecule has 0 aliphatic heterocycles. The maximum Gasteiger partial charge on any atom is 0.292 e. The van der Waals surface area contributed by atoms with E-state index in [9.17, 15) is 4.79 Å². The number of hydrogen-bond acceptors (Lipinski definition) is 4. The number of aromatic amines is 1. The summed E-state index contributed by atoms with van der Waals surface area (Å²) in [6.07, 6.45) is 8.05. The quantitative estimate of drug-likeness (QED) is 0.657. The molecule has 1 heterocycles. The first-order chi connectivity index (χ1) is 11.3. The molecule has 6 heteroatoms. The van der Waals surface area contributed by atoms with Crippen molar-refractivity contribution >= 4 is 18.2 Å². The highest BCUT2D eigenvalue weighted by Crippen LogP contribution is 2.22. The molecular weight excluding hydrogens is 292 g/mol. The lowest BCUT2D eigenvalue weighted by atomic mass is 10.2. The lowest BCUT2D eigenvalue weighted by Gasteiger charge is -2.02. The molecule has 118 valence electrons. The molecule has 0 bridgehead atoms. The van der Waals surface area contributed by atoms with Crippen LogP contribution >= 0.6 is 0 Å². The predicted molar refractivity (Wildman–Crippen MR) is 88.6 cm³/mol. The Hall–Kier alpha value is -2.89. The molecule has 0 saturated heterocycles. The maximum absolute atomic E-state index is 12.0. The van der Waals surface area contributed by atoms with Gasteiger partial charge in [0.25, 0.3) is 5.91 Å². The number of hydrazone groups is 1. The summed E-state index contributed by atoms with van der Waals surface area (Å²) in [5, 5.41) is 10.9. The van der Waals surface area contributed by atoms with Gasteiger partial charge in [-0.2, -0.15) is 10.2 Å². The molecule has 1 amide bonds. The Morgan fingerprint density at radius 2 is 2.26 bits per heavy atom. The molecule has 1 aliphatic rings. The van der Waals surface area contributed by atoms with Gasteiger partial charge in [0.2, 0.25) is 0 Å². The molecule has 0 radical (unpaired) electrons. The van der Waals surface area contributed by atoms with Gasteiger partial charge in [0.1, 0.15) is 5.75 Å². The first-order valence-electron chi connectivity index (χ1n) is 7.49. The van der Waals surface area contributed by atoms with Crippen LogP contribution in [0.4, 0.5) is 0 Å². The summed E-state index contributed by atoms with van der Waals surface area (Å²) in [4.78, 5) is 12.0. The van der Waals surface area contributed by atoms with E-state index in [2.05, 4.69) is 20.7 Å². The third kappa shape index (κ3) is 3.31. The van der Waals surface area contributed by atoms with Gasteiger partial charge >= 0.3 is 0 Å². The van der Waals surface area contributed by atoms with Crippen LogP contribution in [-0.4, -0.2) is 29.4 Å². The number of carbonyl (C=O) groups is 1. The van der Waals surface area contributed by atoms with Gasteiger partial charge in [0.15, 0.2) is 5.69 Å². The van der Waals surface area contributed by atoms with Crippen LogP contribution < -0.4 is 10.2 Å². The van der Waals surface area contributed by atoms with E-state index < -0.39 is 0 Å². The average molecular weight is 310 g/mol. The van der Waals surface area contributed by atoms with E-state index in [1.54, 1.807) is 13.2 Å². The summed E-state index contributed by atoms with van der Waals surface area (Å²) in [6, 6.07) is 7.66. The van der Waals surface area contributed by atoms with Crippen molar-refractivity contribution in [3.63, 3.8) is 0 Å². The Balaban J connectivity index is 1.58. The lowest BCUT2D eigenvalue weighted by molar-refractivity contribution is 0.0949. The zero-order valence-corrected chi connectivity index (χ0v) is 12.9. The van der Waals surface area contributed by atoms with Gasteiger partial charge in [-0.05, 0) is 37.5 Å². The van der Waals surface area contributed by atoms with Crippen LogP contribution in [0, 0.1) is 0 Å². The third-order valence-corrected chi connectivity index (χ3v) is 3.76. The summed E-state index contributed by atoms with van der Waals surface area (Å²) in [7, 11) is 1.63. The van der Waals surface area contributed by atoms with Crippen molar-refractivity contribution in [1.82, 2.24) is 15.6 Å². The smallest absolute Gasteiger partial charge is 0.292 e. The summed E-state index contributed by atoms with van der Waals surface area (Å²) >= 11 is 0. The van der Waals surface area contributed by atoms with E-state index in [-0.39, 0.29) is 5.91 Å². The molecule has 0 fully saturated rings. The number of allylic oxidation sites excluding steroid dienone is 1. The maximum atomic E-state index is 12.0. The number of methoxy groups -OCH3 is 1. The van der Waals surface area contributed by atoms with Gasteiger partial charge in [-0.25, -0.2) is 5.43 Å². The van der Waals surface area contributed by atoms with E-state index in [1.165, 1.54) is 6.21 Å². The Bertz CT molecular complexity index is 762. The van der Waals surface area contributed by atoms with Crippen molar-refractivity contribution in [2.75, 3.05) is 7.11 Å². The molecular formula is C17H18N4O2. The van der Waals surface area contributed by atoms with Gasteiger partial charge in [-0.15, -0.1) is 0 Å². The predicted octanol–water partition coefficient (Wildman–Crippen LogP) is 2.34. The molecule has 23 heavy (non-hydrogen) atoms. The second kappa shape index (κ2) is 6.91. The Kier molecular flexibility index (Phi) is 4.52. The largest absolute Gasteiger partial charge is 0.496 e. The second-order valence-corrected chi connectivity index (χ2v) is 5.20. The van der Waals surface area contributed by atoms with E-state index >= 15 is 0 Å². The highest BCUT2D eigenvalue weighted by molar-refractivity contribution is 5.94. The molecule has 2 N–H and O–H groups in total. The Labute approximate surface area is 134 Å². The summed E-state index contributed by atoms with van der Waals surface area (Å²) in [5.74, 6) is 0.500. The van der Waals surface area contributed by atoms with E-state index in [4.69, 9.17) is 4.74 Å². The highest BCUT2D eigenvalue weighted by atomic mass is 16.5. The fraction of sp³-hybridized carbons (Fsp3) is 0.235. The fourth-order valence-electron chi connectivity index (χ4n) is 2.65. The molecule has 1 aromatic carbocycles. The van der Waals surface area contributed by atoms with Crippen LogP contribution in [0.5, 0.6) is 5.75 Å². The van der Waals surface area contributed by atoms with E-state index in [0.29, 0.717) is 5.69 Å². The number of H-pyrrole nitrogens is 1. The van der Waals surface area contributed by atoms with Gasteiger partial charge in [-0.1, -0.05) is 18.2 Å². The topological polar surface area (TPSA) is 79.4 Å². The van der Waals surface area contributed by atoms with Crippen molar-refractivity contribution in [1.29, 1.82) is 0 Å². The molecule has 2 aromatic rings. The van der Waals surface area contributed by atoms with E-state index in [0.717, 1.165) is 41.8 Å². The average Bonchev–Trinajstić information content (AvgIpc) is 3.18. The highest BCUT2D eigenvalue weighted by Gasteiger charge is 2.22. The van der Waals surface area contributed by atoms with Crippen LogP contribution in [0.1, 0.15) is 33.7 Å². The van der Waals surface area contributed by atoms with Crippen molar-refractivity contribution in [3.8, 4) is 5.75 Å². The SMILES string of the molecule is COc1ccccc1C=CC=NNC(=O)c1n[nH]c2c1CCC2. The minimum Gasteiger partial charge on any atom is -0.496 e. The first-order valence-corrected chi connectivity index (χ1v) is 7.49. The number of nitrogens with one attached hydrogen (secondary N) is 2. The summed E-state index contributed by atoms with van der Waals surface area (Å²) in [6.45, 7) is 0. The molecule has 6 nitrogen and oxygen atoms in total. The van der Waals surface area contributed by atoms with Gasteiger partial charge in [0, 0.05) is 23.0 Å². The second-order valence-electron chi connectivity index (χ2n) is 5.20. The third-order valence-electron chi connectivity index (χ3n) is 3.76. The van der Waals surface area contributed by atoms with Crippen LogP contribution in [0.3, 0.4) is 0 Å². The summed E-state index contributed by atoms with van der Waals surface area (Å²) in [5.41, 5.74) is 5.97. The van der Waals surface area contributed by atoms with Gasteiger partial charge in [0.05, 0.1) is 7.11 Å². The normalized spacial score (nSPS) is 13.6. The molecule has 0 unspecified atom stereocenters. The number of aromatic nitrogens is 2. The number of fused-ring (bicyclic) bond motifs is 1. The van der Waals surface area contributed by atoms with Crippen molar-refractivity contribution in [3.05, 3.63) is 52.9 Å². The number of hydrogen-bond donors (Lipinski definition) is 2. The zero-order chi connectivity index (χ0) is 16.1. The molecule has 3 rings (SSSR count). The standard InChI is InChI=1S/C17H18N4O2/c1-23-15-10-3-2-6-12(15)7-5-11-18-21-17(22)16-13-8-4-9-14(13)19-20-16/h2-3,5-7,10-11H,4,8-9H2,1H3,(H,19,20)(H,21,22). The monoisotopic (exact) mass is 310 g/mol. The molecule has 1 aromatic heterocycles. The number of para-hydroxylation sites is 1. The van der Waals surface area contributed by atoms with Crippen LogP contribution in [0.15, 0.2) is 35.4 Å². The number of aryl methyl sites for hydroxylation is 1. The minimum atomic E-state index is -0.286. The summed E-state index contributed by atoms with van der Waals surface area (Å²) < 4.78 is 5.25. The zero-order valence-electron chi connectivity index (χ0n) is 12.9. The van der Waals surface area contributed by atoms with Crippen molar-refractivity contribution < 1.29 is 9.53 Å². The molecule has 0 saturated carbocycles. The fourth-order valence-corrected chi connectivity index (χ4v) is 2.65. The van der Waals surface area contributed by atoms with Gasteiger partial charge in [-0.3, -0.25) is 9.89 Å². The first kappa shape index (κ1) is 15.0.